The minimum absolute atomic E-state index is 0.122. The highest BCUT2D eigenvalue weighted by atomic mass is 16.3. The Morgan fingerprint density at radius 1 is 1.80 bits per heavy atom. The molecule has 0 bridgehead atoms. The van der Waals surface area contributed by atoms with Crippen molar-refractivity contribution in [3.05, 3.63) is 18.4 Å². The summed E-state index contributed by atoms with van der Waals surface area (Å²) in [4.78, 5) is 5.02. The molecule has 0 spiro atoms. The number of nitrogens with two attached hydrogens (primary N) is 1. The third kappa shape index (κ3) is 1.05. The van der Waals surface area contributed by atoms with Gasteiger partial charge in [-0.3, -0.25) is 0 Å². The van der Waals surface area contributed by atoms with Gasteiger partial charge < -0.3 is 15.7 Å². The maximum atomic E-state index is 8.97. The van der Waals surface area contributed by atoms with E-state index in [2.05, 4.69) is 12.0 Å². The number of aliphatic hydroxyl groups excluding tert-OH is 1. The number of hydrogen-bond donors (Lipinski definition) is 2. The van der Waals surface area contributed by atoms with Crippen molar-refractivity contribution in [1.29, 1.82) is 0 Å². The van der Waals surface area contributed by atoms with Crippen LogP contribution in [-0.4, -0.2) is 22.6 Å². The lowest BCUT2D eigenvalue weighted by atomic mass is 10.2. The highest BCUT2D eigenvalue weighted by Gasteiger charge is 2.12. The topological polar surface area (TPSA) is 61.8 Å². The van der Waals surface area contributed by atoms with Crippen molar-refractivity contribution >= 4 is 6.02 Å². The average molecular weight is 140 g/mol. The summed E-state index contributed by atoms with van der Waals surface area (Å²) in [6, 6.07) is -0.122. The lowest BCUT2D eigenvalue weighted by Gasteiger charge is -2.20. The van der Waals surface area contributed by atoms with Gasteiger partial charge in [0.1, 0.15) is 5.82 Å². The summed E-state index contributed by atoms with van der Waals surface area (Å²) in [5.74, 6) is 0.386. The van der Waals surface area contributed by atoms with Crippen LogP contribution in [0.3, 0.4) is 0 Å². The fourth-order valence-electron chi connectivity index (χ4n) is 0.712. The second kappa shape index (κ2) is 2.21. The van der Waals surface area contributed by atoms with E-state index in [0.29, 0.717) is 12.4 Å². The number of aliphatic imine (C=N–C) groups is 1. The van der Waals surface area contributed by atoms with Gasteiger partial charge in [-0.05, 0) is 12.5 Å². The molecule has 0 atom stereocenters. The number of rotatable bonds is 0. The third-order valence-electron chi connectivity index (χ3n) is 1.37. The Morgan fingerprint density at radius 2 is 2.40 bits per heavy atom. The first-order valence-electron chi connectivity index (χ1n) is 2.92. The van der Waals surface area contributed by atoms with E-state index >= 15 is 0 Å². The van der Waals surface area contributed by atoms with Crippen LogP contribution >= 0.6 is 0 Å². The van der Waals surface area contributed by atoms with Gasteiger partial charge in [-0.1, -0.05) is 0 Å². The molecule has 0 aromatic heterocycles. The van der Waals surface area contributed by atoms with Gasteiger partial charge in [0.25, 0.3) is 6.02 Å². The van der Waals surface area contributed by atoms with Crippen LogP contribution in [0.15, 0.2) is 16.4 Å². The number of aliphatic hydroxyl groups is 1. The minimum Gasteiger partial charge on any atom is -0.480 e. The minimum atomic E-state index is -0.122. The van der Waals surface area contributed by atoms with Crippen molar-refractivity contribution in [2.75, 3.05) is 6.54 Å². The van der Waals surface area contributed by atoms with E-state index in [4.69, 9.17) is 10.8 Å². The highest BCUT2D eigenvalue weighted by molar-refractivity contribution is 5.74. The molecule has 0 aromatic carbocycles. The van der Waals surface area contributed by atoms with E-state index in [-0.39, 0.29) is 6.02 Å². The molecule has 0 aromatic rings. The first kappa shape index (κ1) is 6.92. The van der Waals surface area contributed by atoms with Crippen LogP contribution < -0.4 is 5.73 Å². The second-order valence-electron chi connectivity index (χ2n) is 2.28. The lowest BCUT2D eigenvalue weighted by Crippen LogP contribution is -2.31. The molecule has 1 aliphatic heterocycles. The molecule has 0 fully saturated rings. The van der Waals surface area contributed by atoms with Gasteiger partial charge >= 0.3 is 0 Å². The molecule has 0 unspecified atom stereocenters. The summed E-state index contributed by atoms with van der Waals surface area (Å²) >= 11 is 0. The predicted molar refractivity (Wildman–Crippen MR) is 39.0 cm³/mol. The smallest absolute Gasteiger partial charge is 0.291 e. The van der Waals surface area contributed by atoms with Crippen molar-refractivity contribution in [3.8, 4) is 0 Å². The monoisotopic (exact) mass is 140 g/mol. The highest BCUT2D eigenvalue weighted by Crippen LogP contribution is 2.08. The van der Waals surface area contributed by atoms with Crippen LogP contribution in [0.25, 0.3) is 0 Å². The molecule has 10 heavy (non-hydrogen) atoms. The predicted octanol–water partition coefficient (Wildman–Crippen LogP) is 0.198. The van der Waals surface area contributed by atoms with Crippen molar-refractivity contribution in [2.24, 2.45) is 10.7 Å². The zero-order valence-electron chi connectivity index (χ0n) is 5.83. The van der Waals surface area contributed by atoms with Crippen LogP contribution in [0, 0.1) is 7.05 Å². The maximum Gasteiger partial charge on any atom is 0.291 e. The van der Waals surface area contributed by atoms with E-state index in [1.54, 1.807) is 0 Å². The maximum absolute atomic E-state index is 8.97. The normalized spacial score (nSPS) is 19.4. The molecule has 0 aliphatic carbocycles. The Bertz CT molecular complexity index is 207. The first-order valence-corrected chi connectivity index (χ1v) is 2.92. The van der Waals surface area contributed by atoms with Gasteiger partial charge in [0.15, 0.2) is 0 Å². The Kier molecular flexibility index (Phi) is 1.53. The molecule has 1 radical (unpaired) electrons. The summed E-state index contributed by atoms with van der Waals surface area (Å²) in [6.07, 6.45) is 0. The third-order valence-corrected chi connectivity index (χ3v) is 1.37. The Hall–Kier alpha value is -1.19. The Balaban J connectivity index is 2.88. The molecule has 0 saturated carbocycles. The largest absolute Gasteiger partial charge is 0.480 e. The number of nitrogens with zero attached hydrogens (tertiary/aromatic N) is 2. The molecule has 55 valence electrons. The quantitative estimate of drug-likeness (QED) is 0.505. The van der Waals surface area contributed by atoms with E-state index in [9.17, 15) is 0 Å². The van der Waals surface area contributed by atoms with E-state index < -0.39 is 0 Å². The van der Waals surface area contributed by atoms with Crippen LogP contribution in [0.4, 0.5) is 0 Å². The van der Waals surface area contributed by atoms with Crippen LogP contribution in [0.1, 0.15) is 6.92 Å². The standard InChI is InChI=1S/C6H10N3O/c1-4-3-9(2)6(10)8-5(4)7/h2-3,7H2,1H3,(H,8,10). The molecule has 0 amide bonds. The van der Waals surface area contributed by atoms with Crippen molar-refractivity contribution < 1.29 is 5.11 Å². The molecule has 0 saturated heterocycles. The number of hydrogen-bond acceptors (Lipinski definition) is 3. The summed E-state index contributed by atoms with van der Waals surface area (Å²) in [7, 11) is 3.53. The van der Waals surface area contributed by atoms with Crippen molar-refractivity contribution in [2.45, 2.75) is 6.92 Å². The summed E-state index contributed by atoms with van der Waals surface area (Å²) in [5, 5.41) is 8.97. The fraction of sp³-hybridized carbons (Fsp3) is 0.333. The van der Waals surface area contributed by atoms with E-state index in [0.717, 1.165) is 5.57 Å². The van der Waals surface area contributed by atoms with Gasteiger partial charge in [-0.15, -0.1) is 0 Å². The fourth-order valence-corrected chi connectivity index (χ4v) is 0.712. The van der Waals surface area contributed by atoms with Gasteiger partial charge in [-0.25, -0.2) is 0 Å². The summed E-state index contributed by atoms with van der Waals surface area (Å²) in [5.41, 5.74) is 6.33. The van der Waals surface area contributed by atoms with Gasteiger partial charge in [0.2, 0.25) is 0 Å². The SMILES string of the molecule is [CH2]N1CC(C)=C(N)N=C1O. The van der Waals surface area contributed by atoms with E-state index in [1.165, 1.54) is 4.90 Å². The van der Waals surface area contributed by atoms with Crippen molar-refractivity contribution in [3.63, 3.8) is 0 Å². The zero-order chi connectivity index (χ0) is 7.72. The van der Waals surface area contributed by atoms with E-state index in [1.807, 2.05) is 6.92 Å². The molecule has 1 aliphatic rings. The van der Waals surface area contributed by atoms with Crippen LogP contribution in [0.5, 0.6) is 0 Å². The Labute approximate surface area is 59.7 Å². The molecular formula is C6H10N3O. The lowest BCUT2D eigenvalue weighted by molar-refractivity contribution is 0.409. The molecule has 4 nitrogen and oxygen atoms in total. The number of amidine groups is 1. The zero-order valence-corrected chi connectivity index (χ0v) is 5.83. The summed E-state index contributed by atoms with van der Waals surface area (Å²) in [6.45, 7) is 2.39. The first-order chi connectivity index (χ1) is 4.61. The Morgan fingerprint density at radius 3 is 2.90 bits per heavy atom. The second-order valence-corrected chi connectivity index (χ2v) is 2.28. The van der Waals surface area contributed by atoms with Gasteiger partial charge in [0.05, 0.1) is 0 Å². The molecule has 1 rings (SSSR count). The molecular weight excluding hydrogens is 130 g/mol. The van der Waals surface area contributed by atoms with Crippen molar-refractivity contribution in [1.82, 2.24) is 4.90 Å². The van der Waals surface area contributed by atoms with Gasteiger partial charge in [-0.2, -0.15) is 4.99 Å². The van der Waals surface area contributed by atoms with Gasteiger partial charge in [0, 0.05) is 13.6 Å². The van der Waals surface area contributed by atoms with Crippen LogP contribution in [0.2, 0.25) is 0 Å². The summed E-state index contributed by atoms with van der Waals surface area (Å²) < 4.78 is 0. The molecule has 4 heteroatoms. The average Bonchev–Trinajstić information content (AvgIpc) is 1.84. The molecule has 1 heterocycles. The molecule has 3 N–H and O–H groups in total. The van der Waals surface area contributed by atoms with Crippen LogP contribution in [-0.2, 0) is 0 Å².